The van der Waals surface area contributed by atoms with Gasteiger partial charge in [0.25, 0.3) is 5.91 Å². The lowest BCUT2D eigenvalue weighted by Crippen LogP contribution is -2.49. The maximum Gasteiger partial charge on any atom is 0.417 e. The highest BCUT2D eigenvalue weighted by atomic mass is 19.4. The van der Waals surface area contributed by atoms with E-state index in [0.717, 1.165) is 44.0 Å². The first-order valence-corrected chi connectivity index (χ1v) is 10.1. The standard InChI is InChI=1S/C20H23F3N6O/c21-20(22,23)15-4-6-17(24-14-15)28-10-12-29(13-11-28)19(30)16-5-7-18(26-25-16)27-8-2-1-3-9-27/h4-7,14H,1-3,8-13H2. The van der Waals surface area contributed by atoms with Gasteiger partial charge in [0.15, 0.2) is 11.5 Å². The van der Waals surface area contributed by atoms with E-state index in [1.165, 1.54) is 12.5 Å². The third kappa shape index (κ3) is 4.47. The summed E-state index contributed by atoms with van der Waals surface area (Å²) in [7, 11) is 0. The fraction of sp³-hybridized carbons (Fsp3) is 0.500. The summed E-state index contributed by atoms with van der Waals surface area (Å²) >= 11 is 0. The monoisotopic (exact) mass is 420 g/mol. The van der Waals surface area contributed by atoms with Crippen LogP contribution in [-0.2, 0) is 6.18 Å². The minimum Gasteiger partial charge on any atom is -0.355 e. The van der Waals surface area contributed by atoms with Gasteiger partial charge in [-0.25, -0.2) is 4.98 Å². The Morgan fingerprint density at radius 3 is 2.03 bits per heavy atom. The Balaban J connectivity index is 1.34. The molecule has 2 aliphatic rings. The second-order valence-corrected chi connectivity index (χ2v) is 7.51. The Morgan fingerprint density at radius 2 is 1.47 bits per heavy atom. The molecule has 1 amide bonds. The number of halogens is 3. The van der Waals surface area contributed by atoms with Crippen LogP contribution in [0.2, 0.25) is 0 Å². The summed E-state index contributed by atoms with van der Waals surface area (Å²) in [6.07, 6.45) is -0.0527. The largest absolute Gasteiger partial charge is 0.417 e. The molecule has 2 saturated heterocycles. The van der Waals surface area contributed by atoms with Crippen LogP contribution in [0.25, 0.3) is 0 Å². The predicted octanol–water partition coefficient (Wildman–Crippen LogP) is 2.84. The SMILES string of the molecule is O=C(c1ccc(N2CCCCC2)nn1)N1CCN(c2ccc(C(F)(F)F)cn2)CC1. The van der Waals surface area contributed by atoms with E-state index in [9.17, 15) is 18.0 Å². The number of carbonyl (C=O) groups is 1. The maximum absolute atomic E-state index is 12.7. The van der Waals surface area contributed by atoms with Crippen molar-refractivity contribution in [1.29, 1.82) is 0 Å². The average Bonchev–Trinajstić information content (AvgIpc) is 2.79. The second-order valence-electron chi connectivity index (χ2n) is 7.51. The molecule has 0 radical (unpaired) electrons. The molecular weight excluding hydrogens is 397 g/mol. The molecule has 0 bridgehead atoms. The van der Waals surface area contributed by atoms with E-state index in [1.807, 2.05) is 11.0 Å². The molecule has 0 unspecified atom stereocenters. The number of piperazine rings is 1. The summed E-state index contributed by atoms with van der Waals surface area (Å²) in [4.78, 5) is 22.4. The summed E-state index contributed by atoms with van der Waals surface area (Å²) in [5.41, 5.74) is -0.469. The third-order valence-corrected chi connectivity index (χ3v) is 5.52. The van der Waals surface area contributed by atoms with Crippen molar-refractivity contribution >= 4 is 17.5 Å². The summed E-state index contributed by atoms with van der Waals surface area (Å²) < 4.78 is 38.0. The van der Waals surface area contributed by atoms with Gasteiger partial charge in [-0.2, -0.15) is 13.2 Å². The van der Waals surface area contributed by atoms with Gasteiger partial charge in [0.1, 0.15) is 5.82 Å². The molecule has 2 fully saturated rings. The molecule has 160 valence electrons. The van der Waals surface area contributed by atoms with E-state index >= 15 is 0 Å². The highest BCUT2D eigenvalue weighted by molar-refractivity contribution is 5.92. The van der Waals surface area contributed by atoms with Gasteiger partial charge in [-0.05, 0) is 43.5 Å². The number of nitrogens with zero attached hydrogens (tertiary/aromatic N) is 6. The van der Waals surface area contributed by atoms with Gasteiger partial charge in [-0.3, -0.25) is 4.79 Å². The highest BCUT2D eigenvalue weighted by Crippen LogP contribution is 2.29. The van der Waals surface area contributed by atoms with Gasteiger partial charge < -0.3 is 14.7 Å². The highest BCUT2D eigenvalue weighted by Gasteiger charge is 2.31. The van der Waals surface area contributed by atoms with Crippen molar-refractivity contribution in [2.24, 2.45) is 0 Å². The summed E-state index contributed by atoms with van der Waals surface area (Å²) in [5, 5.41) is 8.35. The molecule has 7 nitrogen and oxygen atoms in total. The first-order valence-electron chi connectivity index (χ1n) is 10.1. The second kappa shape index (κ2) is 8.45. The van der Waals surface area contributed by atoms with E-state index in [4.69, 9.17) is 0 Å². The van der Waals surface area contributed by atoms with Crippen LogP contribution in [0.5, 0.6) is 0 Å². The number of anilines is 2. The number of rotatable bonds is 3. The number of alkyl halides is 3. The topological polar surface area (TPSA) is 65.5 Å². The van der Waals surface area contributed by atoms with Gasteiger partial charge >= 0.3 is 6.18 Å². The molecule has 0 aliphatic carbocycles. The fourth-order valence-corrected chi connectivity index (χ4v) is 3.77. The maximum atomic E-state index is 12.7. The molecule has 0 N–H and O–H groups in total. The van der Waals surface area contributed by atoms with Crippen LogP contribution in [0.4, 0.5) is 24.8 Å². The molecule has 30 heavy (non-hydrogen) atoms. The smallest absolute Gasteiger partial charge is 0.355 e. The zero-order valence-electron chi connectivity index (χ0n) is 16.5. The molecule has 0 spiro atoms. The van der Waals surface area contributed by atoms with Crippen LogP contribution in [0, 0.1) is 0 Å². The molecule has 0 atom stereocenters. The van der Waals surface area contributed by atoms with Gasteiger partial charge in [-0.15, -0.1) is 10.2 Å². The summed E-state index contributed by atoms with van der Waals surface area (Å²) in [6.45, 7) is 3.78. The van der Waals surface area contributed by atoms with Crippen molar-refractivity contribution in [3.05, 3.63) is 41.7 Å². The Kier molecular flexibility index (Phi) is 5.74. The Hall–Kier alpha value is -2.91. The van der Waals surface area contributed by atoms with Crippen molar-refractivity contribution < 1.29 is 18.0 Å². The van der Waals surface area contributed by atoms with E-state index in [0.29, 0.717) is 37.7 Å². The van der Waals surface area contributed by atoms with Crippen molar-refractivity contribution in [2.45, 2.75) is 25.4 Å². The van der Waals surface area contributed by atoms with E-state index in [1.54, 1.807) is 11.0 Å². The van der Waals surface area contributed by atoms with E-state index in [-0.39, 0.29) is 5.91 Å². The van der Waals surface area contributed by atoms with Gasteiger partial charge in [0.2, 0.25) is 0 Å². The van der Waals surface area contributed by atoms with Crippen LogP contribution in [0.1, 0.15) is 35.3 Å². The number of hydrogen-bond acceptors (Lipinski definition) is 6. The Morgan fingerprint density at radius 1 is 0.800 bits per heavy atom. The molecule has 0 aromatic carbocycles. The predicted molar refractivity (Wildman–Crippen MR) is 105 cm³/mol. The van der Waals surface area contributed by atoms with Crippen molar-refractivity contribution in [3.63, 3.8) is 0 Å². The van der Waals surface area contributed by atoms with Crippen LogP contribution in [0.3, 0.4) is 0 Å². The van der Waals surface area contributed by atoms with Crippen molar-refractivity contribution in [1.82, 2.24) is 20.1 Å². The molecule has 2 aromatic rings. The normalized spacial score (nSPS) is 17.9. The fourth-order valence-electron chi connectivity index (χ4n) is 3.77. The quantitative estimate of drug-likeness (QED) is 0.761. The number of piperidine rings is 1. The molecule has 2 aromatic heterocycles. The molecule has 2 aliphatic heterocycles. The Labute approximate surface area is 172 Å². The minimum absolute atomic E-state index is 0.187. The lowest BCUT2D eigenvalue weighted by molar-refractivity contribution is -0.137. The van der Waals surface area contributed by atoms with Crippen molar-refractivity contribution in [3.8, 4) is 0 Å². The third-order valence-electron chi connectivity index (χ3n) is 5.52. The number of aromatic nitrogens is 3. The molecule has 0 saturated carbocycles. The van der Waals surface area contributed by atoms with Crippen molar-refractivity contribution in [2.75, 3.05) is 49.1 Å². The molecule has 10 heteroatoms. The number of pyridine rings is 1. The van der Waals surface area contributed by atoms with E-state index in [2.05, 4.69) is 20.1 Å². The van der Waals surface area contributed by atoms with E-state index < -0.39 is 11.7 Å². The Bertz CT molecular complexity index is 858. The first-order chi connectivity index (χ1) is 14.4. The molecule has 4 rings (SSSR count). The van der Waals surface area contributed by atoms with Crippen LogP contribution < -0.4 is 9.80 Å². The number of carbonyl (C=O) groups excluding carboxylic acids is 1. The minimum atomic E-state index is -4.40. The lowest BCUT2D eigenvalue weighted by Gasteiger charge is -2.35. The lowest BCUT2D eigenvalue weighted by atomic mass is 10.1. The van der Waals surface area contributed by atoms with Crippen LogP contribution in [0.15, 0.2) is 30.5 Å². The van der Waals surface area contributed by atoms with Crippen LogP contribution in [-0.4, -0.2) is 65.3 Å². The molecular formula is C20H23F3N6O. The summed E-state index contributed by atoms with van der Waals surface area (Å²) in [6, 6.07) is 5.95. The zero-order valence-corrected chi connectivity index (χ0v) is 16.5. The first kappa shape index (κ1) is 20.4. The summed E-state index contributed by atoms with van der Waals surface area (Å²) in [5.74, 6) is 1.08. The van der Waals surface area contributed by atoms with Crippen LogP contribution >= 0.6 is 0 Å². The van der Waals surface area contributed by atoms with Gasteiger partial charge in [-0.1, -0.05) is 0 Å². The van der Waals surface area contributed by atoms with Gasteiger partial charge in [0.05, 0.1) is 5.56 Å². The number of hydrogen-bond donors (Lipinski definition) is 0. The molecule has 4 heterocycles. The average molecular weight is 420 g/mol. The van der Waals surface area contributed by atoms with Gasteiger partial charge in [0, 0.05) is 45.5 Å². The zero-order chi connectivity index (χ0) is 21.1. The number of amides is 1.